The Hall–Kier alpha value is -4.07. The molecule has 1 saturated carbocycles. The molecule has 4 rings (SSSR count). The fourth-order valence-corrected chi connectivity index (χ4v) is 4.40. The number of nitrogen functional groups attached to an aromatic ring is 1. The lowest BCUT2D eigenvalue weighted by Crippen LogP contribution is -2.39. The molecule has 0 aliphatic heterocycles. The maximum absolute atomic E-state index is 13.1. The Kier molecular flexibility index (Phi) is 6.91. The number of hydrogen-bond acceptors (Lipinski definition) is 6. The minimum absolute atomic E-state index is 0.0588. The number of pyridine rings is 1. The summed E-state index contributed by atoms with van der Waals surface area (Å²) < 4.78 is 6.03. The number of carboxylic acid groups (broad SMARTS) is 1. The van der Waals surface area contributed by atoms with E-state index in [2.05, 4.69) is 17.2 Å². The molecule has 0 bridgehead atoms. The number of nitrogens with zero attached hydrogens (tertiary/aromatic N) is 1. The van der Waals surface area contributed by atoms with Crippen molar-refractivity contribution in [3.05, 3.63) is 70.9 Å². The molecular formula is C27H29N3O5. The minimum atomic E-state index is -1.17. The number of ether oxygens (including phenoxy) is 1. The Balaban J connectivity index is 1.48. The zero-order valence-corrected chi connectivity index (χ0v) is 19.7. The van der Waals surface area contributed by atoms with Crippen LogP contribution in [0.5, 0.6) is 11.5 Å². The molecular weight excluding hydrogens is 446 g/mol. The number of phenols is 1. The number of hydrogen-bond donors (Lipinski definition) is 4. The van der Waals surface area contributed by atoms with Crippen LogP contribution < -0.4 is 15.8 Å². The van der Waals surface area contributed by atoms with Crippen LogP contribution in [0.2, 0.25) is 0 Å². The van der Waals surface area contributed by atoms with Gasteiger partial charge in [0, 0.05) is 23.7 Å². The van der Waals surface area contributed by atoms with Gasteiger partial charge in [-0.1, -0.05) is 12.5 Å². The number of nitrogens with one attached hydrogen (secondary N) is 1. The number of aromatic carboxylic acids is 1. The molecule has 5 N–H and O–H groups in total. The van der Waals surface area contributed by atoms with E-state index in [-0.39, 0.29) is 40.6 Å². The van der Waals surface area contributed by atoms with Crippen LogP contribution in [0.4, 0.5) is 5.82 Å². The van der Waals surface area contributed by atoms with Gasteiger partial charge in [0.15, 0.2) is 0 Å². The quantitative estimate of drug-likeness (QED) is 0.399. The summed E-state index contributed by atoms with van der Waals surface area (Å²) in [6.07, 6.45) is 4.22. The number of rotatable bonds is 7. The van der Waals surface area contributed by atoms with Gasteiger partial charge in [0.25, 0.3) is 5.91 Å². The average molecular weight is 476 g/mol. The van der Waals surface area contributed by atoms with E-state index in [1.165, 1.54) is 29.5 Å². The van der Waals surface area contributed by atoms with E-state index >= 15 is 0 Å². The first kappa shape index (κ1) is 24.1. The second-order valence-corrected chi connectivity index (χ2v) is 9.06. The fraction of sp³-hybridized carbons (Fsp3) is 0.296. The SMILES string of the molecule is Cc1ccc(OC[C@H]2CCC[C@@H]2NC(=O)c2cc(-c3cc(O)cc(C(=O)O)c3)cnc2N)cc1C. The Morgan fingerprint density at radius 3 is 2.63 bits per heavy atom. The van der Waals surface area contributed by atoms with Gasteiger partial charge in [0.1, 0.15) is 17.3 Å². The van der Waals surface area contributed by atoms with Gasteiger partial charge in [0.2, 0.25) is 0 Å². The Morgan fingerprint density at radius 2 is 1.89 bits per heavy atom. The Labute approximate surface area is 203 Å². The van der Waals surface area contributed by atoms with E-state index in [1.807, 2.05) is 25.1 Å². The summed E-state index contributed by atoms with van der Waals surface area (Å²) in [7, 11) is 0. The third-order valence-electron chi connectivity index (χ3n) is 6.58. The number of benzene rings is 2. The molecule has 1 aliphatic carbocycles. The topological polar surface area (TPSA) is 135 Å². The molecule has 35 heavy (non-hydrogen) atoms. The molecule has 0 unspecified atom stereocenters. The lowest BCUT2D eigenvalue weighted by atomic mass is 10.0. The lowest BCUT2D eigenvalue weighted by Gasteiger charge is -2.22. The van der Waals surface area contributed by atoms with E-state index in [1.54, 1.807) is 6.07 Å². The van der Waals surface area contributed by atoms with Crippen molar-refractivity contribution < 1.29 is 24.5 Å². The number of nitrogens with two attached hydrogens (primary N) is 1. The maximum atomic E-state index is 13.1. The van der Waals surface area contributed by atoms with Gasteiger partial charge in [-0.3, -0.25) is 4.79 Å². The van der Waals surface area contributed by atoms with Crippen LogP contribution >= 0.6 is 0 Å². The third-order valence-corrected chi connectivity index (χ3v) is 6.58. The first-order chi connectivity index (χ1) is 16.7. The molecule has 1 fully saturated rings. The molecule has 0 radical (unpaired) electrons. The van der Waals surface area contributed by atoms with Crippen molar-refractivity contribution >= 4 is 17.7 Å². The van der Waals surface area contributed by atoms with Crippen molar-refractivity contribution in [3.63, 3.8) is 0 Å². The standard InChI is InChI=1S/C27H29N3O5/c1-15-6-7-22(8-16(15)2)35-14-17-4-3-5-24(17)30-26(32)23-12-20(13-29-25(23)28)18-9-19(27(33)34)11-21(31)10-18/h6-13,17,24,31H,3-5,14H2,1-2H3,(H2,28,29)(H,30,32)(H,33,34)/t17-,24+/m1/s1. The summed E-state index contributed by atoms with van der Waals surface area (Å²) in [6, 6.07) is 11.5. The highest BCUT2D eigenvalue weighted by molar-refractivity contribution is 6.00. The summed E-state index contributed by atoms with van der Waals surface area (Å²) in [5.74, 6) is -0.649. The molecule has 1 amide bonds. The highest BCUT2D eigenvalue weighted by Gasteiger charge is 2.30. The normalized spacial score (nSPS) is 17.2. The number of aromatic nitrogens is 1. The van der Waals surface area contributed by atoms with Crippen LogP contribution in [-0.2, 0) is 0 Å². The van der Waals surface area contributed by atoms with E-state index in [4.69, 9.17) is 10.5 Å². The van der Waals surface area contributed by atoms with Crippen LogP contribution in [0.15, 0.2) is 48.7 Å². The summed E-state index contributed by atoms with van der Waals surface area (Å²) in [4.78, 5) is 28.6. The molecule has 8 heteroatoms. The van der Waals surface area contributed by atoms with Crippen molar-refractivity contribution in [3.8, 4) is 22.6 Å². The number of carbonyl (C=O) groups is 2. The molecule has 0 spiro atoms. The minimum Gasteiger partial charge on any atom is -0.508 e. The van der Waals surface area contributed by atoms with Crippen LogP contribution in [0, 0.1) is 19.8 Å². The molecule has 8 nitrogen and oxygen atoms in total. The summed E-state index contributed by atoms with van der Waals surface area (Å²) >= 11 is 0. The number of anilines is 1. The van der Waals surface area contributed by atoms with Crippen LogP contribution in [0.1, 0.15) is 51.1 Å². The van der Waals surface area contributed by atoms with Crippen molar-refractivity contribution in [2.75, 3.05) is 12.3 Å². The summed E-state index contributed by atoms with van der Waals surface area (Å²) in [5.41, 5.74) is 9.41. The number of carboxylic acids is 1. The monoisotopic (exact) mass is 475 g/mol. The smallest absolute Gasteiger partial charge is 0.335 e. The van der Waals surface area contributed by atoms with Gasteiger partial charge >= 0.3 is 5.97 Å². The van der Waals surface area contributed by atoms with Gasteiger partial charge in [-0.05, 0) is 79.8 Å². The van der Waals surface area contributed by atoms with E-state index in [9.17, 15) is 19.8 Å². The van der Waals surface area contributed by atoms with Crippen molar-refractivity contribution in [2.24, 2.45) is 5.92 Å². The Bertz CT molecular complexity index is 1270. The molecule has 2 aromatic carbocycles. The average Bonchev–Trinajstić information content (AvgIpc) is 3.26. The molecule has 1 aromatic heterocycles. The number of amides is 1. The summed E-state index contributed by atoms with van der Waals surface area (Å²) in [6.45, 7) is 4.61. The van der Waals surface area contributed by atoms with Crippen LogP contribution in [0.3, 0.4) is 0 Å². The molecule has 3 aromatic rings. The second kappa shape index (κ2) is 10.0. The highest BCUT2D eigenvalue weighted by Crippen LogP contribution is 2.30. The van der Waals surface area contributed by atoms with Crippen molar-refractivity contribution in [1.82, 2.24) is 10.3 Å². The number of phenolic OH excluding ortho intramolecular Hbond substituents is 1. The molecule has 182 valence electrons. The Morgan fingerprint density at radius 1 is 1.09 bits per heavy atom. The first-order valence-corrected chi connectivity index (χ1v) is 11.6. The zero-order valence-electron chi connectivity index (χ0n) is 19.7. The number of carbonyl (C=O) groups excluding carboxylic acids is 1. The fourth-order valence-electron chi connectivity index (χ4n) is 4.40. The van der Waals surface area contributed by atoms with Gasteiger partial charge in [-0.2, -0.15) is 0 Å². The van der Waals surface area contributed by atoms with E-state index < -0.39 is 5.97 Å². The number of aromatic hydroxyl groups is 1. The lowest BCUT2D eigenvalue weighted by molar-refractivity contribution is 0.0696. The molecule has 1 aliphatic rings. The largest absolute Gasteiger partial charge is 0.508 e. The van der Waals surface area contributed by atoms with Gasteiger partial charge in [-0.25, -0.2) is 9.78 Å². The second-order valence-electron chi connectivity index (χ2n) is 9.06. The van der Waals surface area contributed by atoms with Crippen molar-refractivity contribution in [2.45, 2.75) is 39.2 Å². The molecule has 0 saturated heterocycles. The van der Waals surface area contributed by atoms with E-state index in [0.29, 0.717) is 17.7 Å². The number of aryl methyl sites for hydroxylation is 2. The first-order valence-electron chi connectivity index (χ1n) is 11.6. The predicted molar refractivity (Wildman–Crippen MR) is 133 cm³/mol. The van der Waals surface area contributed by atoms with E-state index in [0.717, 1.165) is 31.1 Å². The van der Waals surface area contributed by atoms with Gasteiger partial charge in [-0.15, -0.1) is 0 Å². The summed E-state index contributed by atoms with van der Waals surface area (Å²) in [5, 5.41) is 22.3. The van der Waals surface area contributed by atoms with Crippen LogP contribution in [-0.4, -0.2) is 39.7 Å². The van der Waals surface area contributed by atoms with Crippen molar-refractivity contribution in [1.29, 1.82) is 0 Å². The molecule has 2 atom stereocenters. The van der Waals surface area contributed by atoms with Gasteiger partial charge < -0.3 is 26.0 Å². The molecule has 1 heterocycles. The predicted octanol–water partition coefficient (Wildman–Crippen LogP) is 4.33. The van der Waals surface area contributed by atoms with Crippen LogP contribution in [0.25, 0.3) is 11.1 Å². The maximum Gasteiger partial charge on any atom is 0.335 e. The zero-order chi connectivity index (χ0) is 25.1. The van der Waals surface area contributed by atoms with Gasteiger partial charge in [0.05, 0.1) is 17.7 Å². The highest BCUT2D eigenvalue weighted by atomic mass is 16.5. The third kappa shape index (κ3) is 5.54.